The molecule has 0 spiro atoms. The molecule has 15 heavy (non-hydrogen) atoms. The third-order valence-electron chi connectivity index (χ3n) is 2.75. The summed E-state index contributed by atoms with van der Waals surface area (Å²) in [6, 6.07) is 0. The lowest BCUT2D eigenvalue weighted by Crippen LogP contribution is -2.22. The first-order valence-electron chi connectivity index (χ1n) is 6.14. The van der Waals surface area contributed by atoms with Gasteiger partial charge in [0.05, 0.1) is 6.34 Å². The first-order valence-corrected chi connectivity index (χ1v) is 6.14. The van der Waals surface area contributed by atoms with Crippen LogP contribution >= 0.6 is 0 Å². The molecule has 0 fully saturated rings. The van der Waals surface area contributed by atoms with Crippen LogP contribution in [0.3, 0.4) is 0 Å². The number of nitrogens with zero attached hydrogens (tertiary/aromatic N) is 2. The maximum Gasteiger partial charge on any atom is 0.266 e. The molecule has 0 saturated heterocycles. The summed E-state index contributed by atoms with van der Waals surface area (Å²) in [4.78, 5) is 16.5. The SMILES string of the molecule is CCCCCCCCCN1C=NC(=O)C1. The number of rotatable bonds is 8. The number of hydrogen-bond acceptors (Lipinski definition) is 2. The fourth-order valence-corrected chi connectivity index (χ4v) is 1.81. The Morgan fingerprint density at radius 1 is 1.20 bits per heavy atom. The topological polar surface area (TPSA) is 32.7 Å². The summed E-state index contributed by atoms with van der Waals surface area (Å²) in [6.45, 7) is 3.72. The van der Waals surface area contributed by atoms with Crippen molar-refractivity contribution in [1.82, 2.24) is 4.90 Å². The van der Waals surface area contributed by atoms with E-state index >= 15 is 0 Å². The van der Waals surface area contributed by atoms with Crippen LogP contribution in [-0.4, -0.2) is 30.2 Å². The molecule has 0 N–H and O–H groups in total. The highest BCUT2D eigenvalue weighted by molar-refractivity contribution is 5.91. The van der Waals surface area contributed by atoms with Crippen LogP contribution in [0.2, 0.25) is 0 Å². The van der Waals surface area contributed by atoms with Crippen molar-refractivity contribution in [1.29, 1.82) is 0 Å². The molecule has 1 aliphatic heterocycles. The molecule has 0 saturated carbocycles. The molecule has 0 atom stereocenters. The molecule has 1 aliphatic rings. The second-order valence-electron chi connectivity index (χ2n) is 4.23. The first-order chi connectivity index (χ1) is 7.33. The first kappa shape index (κ1) is 12.2. The molecular weight excluding hydrogens is 188 g/mol. The molecule has 1 heterocycles. The summed E-state index contributed by atoms with van der Waals surface area (Å²) in [5.74, 6) is -0.00190. The zero-order chi connectivity index (χ0) is 10.9. The normalized spacial score (nSPS) is 15.3. The molecule has 0 aromatic rings. The lowest BCUT2D eigenvalue weighted by atomic mass is 10.1. The van der Waals surface area contributed by atoms with Crippen LogP contribution in [0.4, 0.5) is 0 Å². The standard InChI is InChI=1S/C12H22N2O/c1-2-3-4-5-6-7-8-9-14-10-12(15)13-11-14/h11H,2-10H2,1H3. The van der Waals surface area contributed by atoms with Crippen LogP contribution in [0.1, 0.15) is 51.9 Å². The minimum Gasteiger partial charge on any atom is -0.353 e. The summed E-state index contributed by atoms with van der Waals surface area (Å²) in [5, 5.41) is 0. The monoisotopic (exact) mass is 210 g/mol. The van der Waals surface area contributed by atoms with E-state index in [0.717, 1.165) is 6.54 Å². The van der Waals surface area contributed by atoms with Gasteiger partial charge in [-0.15, -0.1) is 0 Å². The van der Waals surface area contributed by atoms with Gasteiger partial charge in [-0.3, -0.25) is 4.79 Å². The summed E-state index contributed by atoms with van der Waals surface area (Å²) in [5.41, 5.74) is 0. The number of amides is 1. The van der Waals surface area contributed by atoms with Gasteiger partial charge in [-0.05, 0) is 6.42 Å². The van der Waals surface area contributed by atoms with Gasteiger partial charge in [0.2, 0.25) is 0 Å². The quantitative estimate of drug-likeness (QED) is 0.577. The van der Waals surface area contributed by atoms with Crippen molar-refractivity contribution < 1.29 is 4.79 Å². The van der Waals surface area contributed by atoms with Gasteiger partial charge < -0.3 is 4.90 Å². The predicted molar refractivity (Wildman–Crippen MR) is 63.1 cm³/mol. The molecule has 0 unspecified atom stereocenters. The van der Waals surface area contributed by atoms with Gasteiger partial charge in [0.15, 0.2) is 0 Å². The number of aliphatic imine (C=N–C) groups is 1. The van der Waals surface area contributed by atoms with Crippen molar-refractivity contribution in [2.45, 2.75) is 51.9 Å². The van der Waals surface area contributed by atoms with Crippen molar-refractivity contribution in [2.24, 2.45) is 4.99 Å². The Morgan fingerprint density at radius 3 is 2.47 bits per heavy atom. The molecule has 3 nitrogen and oxygen atoms in total. The number of carbonyl (C=O) groups is 1. The number of carbonyl (C=O) groups excluding carboxylic acids is 1. The van der Waals surface area contributed by atoms with Crippen LogP contribution in [-0.2, 0) is 4.79 Å². The second-order valence-corrected chi connectivity index (χ2v) is 4.23. The van der Waals surface area contributed by atoms with Gasteiger partial charge in [0.1, 0.15) is 6.54 Å². The maximum absolute atomic E-state index is 10.8. The molecule has 0 aliphatic carbocycles. The molecule has 0 radical (unpaired) electrons. The minimum atomic E-state index is -0.00190. The average molecular weight is 210 g/mol. The highest BCUT2D eigenvalue weighted by Gasteiger charge is 2.11. The van der Waals surface area contributed by atoms with Crippen molar-refractivity contribution in [3.8, 4) is 0 Å². The molecule has 0 aromatic carbocycles. The van der Waals surface area contributed by atoms with Crippen LogP contribution in [0.15, 0.2) is 4.99 Å². The molecule has 3 heteroatoms. The zero-order valence-corrected chi connectivity index (χ0v) is 9.74. The summed E-state index contributed by atoms with van der Waals surface area (Å²) in [6.07, 6.45) is 10.9. The van der Waals surface area contributed by atoms with Crippen molar-refractivity contribution >= 4 is 12.2 Å². The van der Waals surface area contributed by atoms with Crippen molar-refractivity contribution in [3.05, 3.63) is 0 Å². The Kier molecular flexibility index (Phi) is 6.05. The summed E-state index contributed by atoms with van der Waals surface area (Å²) < 4.78 is 0. The lowest BCUT2D eigenvalue weighted by Gasteiger charge is -2.11. The van der Waals surface area contributed by atoms with E-state index in [0.29, 0.717) is 6.54 Å². The number of hydrogen-bond donors (Lipinski definition) is 0. The highest BCUT2D eigenvalue weighted by atomic mass is 16.1. The van der Waals surface area contributed by atoms with E-state index in [4.69, 9.17) is 0 Å². The van der Waals surface area contributed by atoms with Crippen molar-refractivity contribution in [3.63, 3.8) is 0 Å². The van der Waals surface area contributed by atoms with E-state index in [9.17, 15) is 4.79 Å². The fraction of sp³-hybridized carbons (Fsp3) is 0.833. The van der Waals surface area contributed by atoms with Gasteiger partial charge in [-0.25, -0.2) is 4.99 Å². The van der Waals surface area contributed by atoms with Crippen LogP contribution in [0, 0.1) is 0 Å². The Hall–Kier alpha value is -0.860. The van der Waals surface area contributed by atoms with E-state index in [2.05, 4.69) is 11.9 Å². The van der Waals surface area contributed by atoms with E-state index in [1.807, 2.05) is 4.90 Å². The Bertz CT molecular complexity index is 214. The summed E-state index contributed by atoms with van der Waals surface area (Å²) in [7, 11) is 0. The average Bonchev–Trinajstić information content (AvgIpc) is 2.63. The molecule has 1 amide bonds. The van der Waals surface area contributed by atoms with Crippen LogP contribution < -0.4 is 0 Å². The van der Waals surface area contributed by atoms with E-state index < -0.39 is 0 Å². The lowest BCUT2D eigenvalue weighted by molar-refractivity contribution is -0.117. The van der Waals surface area contributed by atoms with Gasteiger partial charge in [-0.2, -0.15) is 0 Å². The summed E-state index contributed by atoms with van der Waals surface area (Å²) >= 11 is 0. The van der Waals surface area contributed by atoms with E-state index in [-0.39, 0.29) is 5.91 Å². The van der Waals surface area contributed by atoms with Crippen LogP contribution in [0.25, 0.3) is 0 Å². The largest absolute Gasteiger partial charge is 0.353 e. The fourth-order valence-electron chi connectivity index (χ4n) is 1.81. The number of unbranched alkanes of at least 4 members (excludes halogenated alkanes) is 6. The Labute approximate surface area is 92.6 Å². The van der Waals surface area contributed by atoms with E-state index in [1.165, 1.54) is 44.9 Å². The van der Waals surface area contributed by atoms with Crippen LogP contribution in [0.5, 0.6) is 0 Å². The maximum atomic E-state index is 10.8. The van der Waals surface area contributed by atoms with Gasteiger partial charge in [0, 0.05) is 6.54 Å². The molecule has 0 aromatic heterocycles. The predicted octanol–water partition coefficient (Wildman–Crippen LogP) is 2.61. The van der Waals surface area contributed by atoms with Crippen molar-refractivity contribution in [2.75, 3.05) is 13.1 Å². The van der Waals surface area contributed by atoms with Gasteiger partial charge in [0.25, 0.3) is 5.91 Å². The van der Waals surface area contributed by atoms with E-state index in [1.54, 1.807) is 6.34 Å². The Morgan fingerprint density at radius 2 is 1.87 bits per heavy atom. The zero-order valence-electron chi connectivity index (χ0n) is 9.74. The molecular formula is C12H22N2O. The smallest absolute Gasteiger partial charge is 0.266 e. The molecule has 1 rings (SSSR count). The third-order valence-corrected chi connectivity index (χ3v) is 2.75. The molecule has 0 bridgehead atoms. The third kappa shape index (κ3) is 5.55. The second kappa shape index (κ2) is 7.43. The highest BCUT2D eigenvalue weighted by Crippen LogP contribution is 2.07. The van der Waals surface area contributed by atoms with Gasteiger partial charge in [-0.1, -0.05) is 45.4 Å². The van der Waals surface area contributed by atoms with Gasteiger partial charge >= 0.3 is 0 Å². The minimum absolute atomic E-state index is 0.00190. The Balaban J connectivity index is 1.85. The molecule has 86 valence electrons.